The number of fused-ring (bicyclic) bond motifs is 1. The van der Waals surface area contributed by atoms with E-state index in [-0.39, 0.29) is 5.56 Å². The molecule has 24 heavy (non-hydrogen) atoms. The van der Waals surface area contributed by atoms with Crippen LogP contribution < -0.4 is 5.56 Å². The van der Waals surface area contributed by atoms with Gasteiger partial charge >= 0.3 is 0 Å². The van der Waals surface area contributed by atoms with Crippen molar-refractivity contribution in [2.24, 2.45) is 0 Å². The first-order valence-electron chi connectivity index (χ1n) is 7.70. The predicted octanol–water partition coefficient (Wildman–Crippen LogP) is 5.31. The van der Waals surface area contributed by atoms with E-state index in [4.69, 9.17) is 11.6 Å². The molecule has 0 unspecified atom stereocenters. The summed E-state index contributed by atoms with van der Waals surface area (Å²) in [7, 11) is 0. The van der Waals surface area contributed by atoms with Crippen LogP contribution in [0.3, 0.4) is 0 Å². The second kappa shape index (κ2) is 5.99. The molecule has 2 nitrogen and oxygen atoms in total. The molecular formula is C21H14ClNO. The lowest BCUT2D eigenvalue weighted by Gasteiger charge is -2.15. The molecule has 0 aliphatic carbocycles. The average molecular weight is 332 g/mol. The summed E-state index contributed by atoms with van der Waals surface area (Å²) in [5.41, 5.74) is 2.62. The van der Waals surface area contributed by atoms with E-state index in [1.165, 1.54) is 0 Å². The molecule has 0 bridgehead atoms. The molecule has 4 rings (SSSR count). The van der Waals surface area contributed by atoms with Crippen LogP contribution in [-0.4, -0.2) is 4.57 Å². The van der Waals surface area contributed by atoms with Crippen molar-refractivity contribution in [2.75, 3.05) is 0 Å². The van der Waals surface area contributed by atoms with Gasteiger partial charge in [-0.25, -0.2) is 0 Å². The number of rotatable bonds is 2. The monoisotopic (exact) mass is 331 g/mol. The van der Waals surface area contributed by atoms with E-state index in [2.05, 4.69) is 0 Å². The van der Waals surface area contributed by atoms with Crippen LogP contribution in [0.25, 0.3) is 27.7 Å². The van der Waals surface area contributed by atoms with E-state index in [0.717, 1.165) is 22.3 Å². The number of para-hydroxylation sites is 1. The highest BCUT2D eigenvalue weighted by Crippen LogP contribution is 2.26. The smallest absolute Gasteiger partial charge is 0.263 e. The third-order valence-electron chi connectivity index (χ3n) is 4.08. The molecule has 0 amide bonds. The van der Waals surface area contributed by atoms with Gasteiger partial charge in [0.15, 0.2) is 0 Å². The number of benzene rings is 3. The van der Waals surface area contributed by atoms with Gasteiger partial charge in [-0.15, -0.1) is 0 Å². The maximum absolute atomic E-state index is 13.1. The second-order valence-electron chi connectivity index (χ2n) is 5.60. The number of hydrogen-bond donors (Lipinski definition) is 0. The largest absolute Gasteiger partial charge is 0.276 e. The Morgan fingerprint density at radius 1 is 0.750 bits per heavy atom. The first kappa shape index (κ1) is 14.7. The van der Waals surface area contributed by atoms with Crippen LogP contribution in [-0.2, 0) is 0 Å². The van der Waals surface area contributed by atoms with Crippen molar-refractivity contribution < 1.29 is 0 Å². The molecule has 116 valence electrons. The average Bonchev–Trinajstić information content (AvgIpc) is 2.63. The molecule has 0 N–H and O–H groups in total. The normalized spacial score (nSPS) is 10.9. The standard InChI is InChI=1S/C21H14ClNO/c22-17-12-10-15(11-13-17)20-14-16-6-4-5-9-19(16)21(24)23(20)18-7-2-1-3-8-18/h1-14H. The summed E-state index contributed by atoms with van der Waals surface area (Å²) < 4.78 is 1.76. The molecule has 0 atom stereocenters. The Kier molecular flexibility index (Phi) is 3.68. The fraction of sp³-hybridized carbons (Fsp3) is 0. The fourth-order valence-corrected chi connectivity index (χ4v) is 3.05. The molecule has 0 aliphatic heterocycles. The zero-order chi connectivity index (χ0) is 16.5. The molecule has 0 aliphatic rings. The summed E-state index contributed by atoms with van der Waals surface area (Å²) in [6.07, 6.45) is 0. The van der Waals surface area contributed by atoms with Gasteiger partial charge in [0.25, 0.3) is 5.56 Å². The van der Waals surface area contributed by atoms with Gasteiger partial charge in [0.1, 0.15) is 0 Å². The van der Waals surface area contributed by atoms with Crippen LogP contribution in [0.1, 0.15) is 0 Å². The molecule has 1 aromatic heterocycles. The molecule has 1 heterocycles. The quantitative estimate of drug-likeness (QED) is 0.488. The van der Waals surface area contributed by atoms with Crippen molar-refractivity contribution in [1.82, 2.24) is 4.57 Å². The summed E-state index contributed by atoms with van der Waals surface area (Å²) in [4.78, 5) is 13.1. The van der Waals surface area contributed by atoms with Crippen molar-refractivity contribution >= 4 is 22.4 Å². The van der Waals surface area contributed by atoms with Gasteiger partial charge in [0.2, 0.25) is 0 Å². The van der Waals surface area contributed by atoms with Gasteiger partial charge < -0.3 is 0 Å². The minimum atomic E-state index is -0.0238. The van der Waals surface area contributed by atoms with Crippen LogP contribution in [0.5, 0.6) is 0 Å². The fourth-order valence-electron chi connectivity index (χ4n) is 2.93. The Bertz CT molecular complexity index is 1070. The first-order valence-corrected chi connectivity index (χ1v) is 8.08. The lowest BCUT2D eigenvalue weighted by Crippen LogP contribution is -2.20. The van der Waals surface area contributed by atoms with Crippen molar-refractivity contribution in [2.45, 2.75) is 0 Å². The zero-order valence-corrected chi connectivity index (χ0v) is 13.6. The Balaban J connectivity index is 2.11. The van der Waals surface area contributed by atoms with E-state index in [1.54, 1.807) is 4.57 Å². The van der Waals surface area contributed by atoms with E-state index < -0.39 is 0 Å². The third kappa shape index (κ3) is 2.51. The number of aromatic nitrogens is 1. The second-order valence-corrected chi connectivity index (χ2v) is 6.04. The van der Waals surface area contributed by atoms with E-state index in [9.17, 15) is 4.79 Å². The molecule has 3 aromatic carbocycles. The minimum Gasteiger partial charge on any atom is -0.276 e. The van der Waals surface area contributed by atoms with Gasteiger partial charge in [0, 0.05) is 16.1 Å². The molecular weight excluding hydrogens is 318 g/mol. The van der Waals surface area contributed by atoms with E-state index in [0.29, 0.717) is 10.4 Å². The molecule has 0 radical (unpaired) electrons. The van der Waals surface area contributed by atoms with E-state index >= 15 is 0 Å². The number of pyridine rings is 1. The molecule has 0 saturated carbocycles. The minimum absolute atomic E-state index is 0.0238. The van der Waals surface area contributed by atoms with Gasteiger partial charge in [-0.3, -0.25) is 9.36 Å². The Morgan fingerprint density at radius 2 is 1.42 bits per heavy atom. The van der Waals surface area contributed by atoms with Crippen LogP contribution in [0, 0.1) is 0 Å². The van der Waals surface area contributed by atoms with Gasteiger partial charge in [-0.1, -0.05) is 60.1 Å². The van der Waals surface area contributed by atoms with Crippen molar-refractivity contribution in [3.05, 3.63) is 100 Å². The highest BCUT2D eigenvalue weighted by molar-refractivity contribution is 6.30. The van der Waals surface area contributed by atoms with Gasteiger partial charge in [-0.2, -0.15) is 0 Å². The van der Waals surface area contributed by atoms with E-state index in [1.807, 2.05) is 84.9 Å². The predicted molar refractivity (Wildman–Crippen MR) is 100.0 cm³/mol. The van der Waals surface area contributed by atoms with Crippen molar-refractivity contribution in [1.29, 1.82) is 0 Å². The third-order valence-corrected chi connectivity index (χ3v) is 4.33. The molecule has 0 fully saturated rings. The zero-order valence-electron chi connectivity index (χ0n) is 12.8. The SMILES string of the molecule is O=c1c2ccccc2cc(-c2ccc(Cl)cc2)n1-c1ccccc1. The number of hydrogen-bond acceptors (Lipinski definition) is 1. The maximum Gasteiger partial charge on any atom is 0.263 e. The number of halogens is 1. The number of nitrogens with zero attached hydrogens (tertiary/aromatic N) is 1. The first-order chi connectivity index (χ1) is 11.7. The lowest BCUT2D eigenvalue weighted by molar-refractivity contribution is 1.02. The Morgan fingerprint density at radius 3 is 2.17 bits per heavy atom. The van der Waals surface area contributed by atoms with Crippen LogP contribution in [0.4, 0.5) is 0 Å². The summed E-state index contributed by atoms with van der Waals surface area (Å²) in [5, 5.41) is 2.31. The molecule has 0 spiro atoms. The molecule has 3 heteroatoms. The van der Waals surface area contributed by atoms with Crippen molar-refractivity contribution in [3.8, 4) is 16.9 Å². The summed E-state index contributed by atoms with van der Waals surface area (Å²) in [5.74, 6) is 0. The summed E-state index contributed by atoms with van der Waals surface area (Å²) >= 11 is 6.01. The highest BCUT2D eigenvalue weighted by Gasteiger charge is 2.12. The van der Waals surface area contributed by atoms with Gasteiger partial charge in [0.05, 0.1) is 5.69 Å². The molecule has 0 saturated heterocycles. The van der Waals surface area contributed by atoms with Crippen LogP contribution in [0.15, 0.2) is 89.7 Å². The van der Waals surface area contributed by atoms with Gasteiger partial charge in [-0.05, 0) is 47.3 Å². The van der Waals surface area contributed by atoms with Crippen LogP contribution in [0.2, 0.25) is 5.02 Å². The lowest BCUT2D eigenvalue weighted by atomic mass is 10.1. The van der Waals surface area contributed by atoms with Crippen molar-refractivity contribution in [3.63, 3.8) is 0 Å². The summed E-state index contributed by atoms with van der Waals surface area (Å²) in [6, 6.07) is 26.9. The Labute approximate surface area is 144 Å². The van der Waals surface area contributed by atoms with Crippen LogP contribution >= 0.6 is 11.6 Å². The Hall–Kier alpha value is -2.84. The molecule has 4 aromatic rings. The summed E-state index contributed by atoms with van der Waals surface area (Å²) in [6.45, 7) is 0. The topological polar surface area (TPSA) is 22.0 Å². The highest BCUT2D eigenvalue weighted by atomic mass is 35.5. The maximum atomic E-state index is 13.1.